The van der Waals surface area contributed by atoms with Crippen LogP contribution in [0.1, 0.15) is 20.8 Å². The molecule has 0 radical (unpaired) electrons. The van der Waals surface area contributed by atoms with Gasteiger partial charge in [-0.1, -0.05) is 13.8 Å². The van der Waals surface area contributed by atoms with Gasteiger partial charge in [-0.2, -0.15) is 0 Å². The van der Waals surface area contributed by atoms with E-state index in [9.17, 15) is 9.59 Å². The molecule has 1 fully saturated rings. The van der Waals surface area contributed by atoms with Gasteiger partial charge in [-0.25, -0.2) is 0 Å². The molecule has 0 aromatic heterocycles. The molecule has 0 aromatic carbocycles. The SMILES string of the molecule is CC(CNC(=O)[C@H]1[C@@H](C(=O)O)C1(C)C)N(C)C. The summed E-state index contributed by atoms with van der Waals surface area (Å²) < 4.78 is 0. The predicted octanol–water partition coefficient (Wildman–Crippen LogP) is 0.410. The third-order valence-corrected chi connectivity index (χ3v) is 3.83. The van der Waals surface area contributed by atoms with Crippen molar-refractivity contribution in [2.45, 2.75) is 26.8 Å². The van der Waals surface area contributed by atoms with Gasteiger partial charge in [0.25, 0.3) is 0 Å². The normalized spacial score (nSPS) is 27.6. The quantitative estimate of drug-likeness (QED) is 0.732. The van der Waals surface area contributed by atoms with Crippen molar-refractivity contribution in [2.75, 3.05) is 20.6 Å². The highest BCUT2D eigenvalue weighted by Crippen LogP contribution is 2.58. The van der Waals surface area contributed by atoms with Gasteiger partial charge in [-0.05, 0) is 26.4 Å². The van der Waals surface area contributed by atoms with Crippen LogP contribution in [0.5, 0.6) is 0 Å². The number of rotatable bonds is 5. The lowest BCUT2D eigenvalue weighted by molar-refractivity contribution is -0.140. The van der Waals surface area contributed by atoms with Gasteiger partial charge in [0.05, 0.1) is 11.8 Å². The average Bonchev–Trinajstić information content (AvgIpc) is 2.77. The number of carbonyl (C=O) groups excluding carboxylic acids is 1. The van der Waals surface area contributed by atoms with Gasteiger partial charge in [0.2, 0.25) is 5.91 Å². The zero-order valence-corrected chi connectivity index (χ0v) is 11.2. The second kappa shape index (κ2) is 4.64. The molecule has 0 aromatic rings. The Balaban J connectivity index is 2.48. The lowest BCUT2D eigenvalue weighted by Crippen LogP contribution is -2.39. The molecule has 1 aliphatic carbocycles. The van der Waals surface area contributed by atoms with Crippen LogP contribution < -0.4 is 5.32 Å². The highest BCUT2D eigenvalue weighted by molar-refractivity contribution is 5.91. The third kappa shape index (κ3) is 2.77. The minimum absolute atomic E-state index is 0.142. The van der Waals surface area contributed by atoms with Gasteiger partial charge >= 0.3 is 5.97 Å². The smallest absolute Gasteiger partial charge is 0.307 e. The zero-order chi connectivity index (χ0) is 13.4. The lowest BCUT2D eigenvalue weighted by atomic mass is 10.1. The van der Waals surface area contributed by atoms with Crippen molar-refractivity contribution in [3.63, 3.8) is 0 Å². The summed E-state index contributed by atoms with van der Waals surface area (Å²) in [6.45, 7) is 6.20. The largest absolute Gasteiger partial charge is 0.481 e. The Hall–Kier alpha value is -1.10. The Bertz CT molecular complexity index is 326. The molecule has 17 heavy (non-hydrogen) atoms. The van der Waals surface area contributed by atoms with E-state index >= 15 is 0 Å². The summed E-state index contributed by atoms with van der Waals surface area (Å²) in [6.07, 6.45) is 0. The number of likely N-dealkylation sites (N-methyl/N-ethyl adjacent to an activating group) is 1. The average molecular weight is 242 g/mol. The molecule has 0 spiro atoms. The second-order valence-electron chi connectivity index (χ2n) is 5.67. The molecular formula is C12H22N2O3. The fourth-order valence-electron chi connectivity index (χ4n) is 2.13. The molecule has 0 saturated heterocycles. The Morgan fingerprint density at radius 1 is 1.35 bits per heavy atom. The van der Waals surface area contributed by atoms with Gasteiger partial charge in [-0.3, -0.25) is 9.59 Å². The van der Waals surface area contributed by atoms with E-state index in [4.69, 9.17) is 5.11 Å². The third-order valence-electron chi connectivity index (χ3n) is 3.83. The summed E-state index contributed by atoms with van der Waals surface area (Å²) in [4.78, 5) is 24.8. The van der Waals surface area contributed by atoms with Gasteiger partial charge in [0.1, 0.15) is 0 Å². The molecule has 5 heteroatoms. The number of carbonyl (C=O) groups is 2. The van der Waals surface area contributed by atoms with Crippen LogP contribution in [-0.2, 0) is 9.59 Å². The Kier molecular flexibility index (Phi) is 3.81. The van der Waals surface area contributed by atoms with Crippen LogP contribution in [0.25, 0.3) is 0 Å². The van der Waals surface area contributed by atoms with Gasteiger partial charge < -0.3 is 15.3 Å². The molecule has 5 nitrogen and oxygen atoms in total. The number of amides is 1. The Morgan fingerprint density at radius 2 is 1.88 bits per heavy atom. The maximum absolute atomic E-state index is 11.9. The molecule has 1 aliphatic rings. The molecule has 1 saturated carbocycles. The van der Waals surface area contributed by atoms with E-state index in [0.717, 1.165) is 0 Å². The van der Waals surface area contributed by atoms with E-state index in [1.807, 2.05) is 39.8 Å². The summed E-state index contributed by atoms with van der Waals surface area (Å²) in [7, 11) is 3.88. The Morgan fingerprint density at radius 3 is 2.24 bits per heavy atom. The number of hydrogen-bond acceptors (Lipinski definition) is 3. The molecular weight excluding hydrogens is 220 g/mol. The summed E-state index contributed by atoms with van der Waals surface area (Å²) >= 11 is 0. The summed E-state index contributed by atoms with van der Waals surface area (Å²) in [6, 6.07) is 0.240. The number of carboxylic acids is 1. The van der Waals surface area contributed by atoms with Crippen molar-refractivity contribution in [3.8, 4) is 0 Å². The van der Waals surface area contributed by atoms with E-state index < -0.39 is 23.2 Å². The molecule has 98 valence electrons. The molecule has 1 unspecified atom stereocenters. The van der Waals surface area contributed by atoms with Crippen molar-refractivity contribution in [3.05, 3.63) is 0 Å². The summed E-state index contributed by atoms with van der Waals surface area (Å²) in [5.74, 6) is -1.96. The number of nitrogens with zero attached hydrogens (tertiary/aromatic N) is 1. The maximum Gasteiger partial charge on any atom is 0.307 e. The number of hydrogen-bond donors (Lipinski definition) is 2. The highest BCUT2D eigenvalue weighted by atomic mass is 16.4. The van der Waals surface area contributed by atoms with E-state index in [-0.39, 0.29) is 11.9 Å². The maximum atomic E-state index is 11.9. The van der Waals surface area contributed by atoms with E-state index in [1.165, 1.54) is 0 Å². The minimum Gasteiger partial charge on any atom is -0.481 e. The first kappa shape index (κ1) is 14.0. The van der Waals surface area contributed by atoms with Crippen LogP contribution in [0, 0.1) is 17.3 Å². The molecule has 1 amide bonds. The molecule has 0 bridgehead atoms. The first-order valence-corrected chi connectivity index (χ1v) is 5.86. The van der Waals surface area contributed by atoms with E-state index in [0.29, 0.717) is 6.54 Å². The van der Waals surface area contributed by atoms with Gasteiger partial charge in [0, 0.05) is 12.6 Å². The minimum atomic E-state index is -0.879. The number of aliphatic carboxylic acids is 1. The van der Waals surface area contributed by atoms with Crippen molar-refractivity contribution in [1.82, 2.24) is 10.2 Å². The van der Waals surface area contributed by atoms with E-state index in [2.05, 4.69) is 5.32 Å². The van der Waals surface area contributed by atoms with Crippen molar-refractivity contribution >= 4 is 11.9 Å². The highest BCUT2D eigenvalue weighted by Gasteiger charge is 2.65. The van der Waals surface area contributed by atoms with Crippen molar-refractivity contribution in [1.29, 1.82) is 0 Å². The first-order valence-electron chi connectivity index (χ1n) is 5.86. The van der Waals surface area contributed by atoms with Crippen LogP contribution in [-0.4, -0.2) is 48.6 Å². The first-order chi connectivity index (χ1) is 7.69. The van der Waals surface area contributed by atoms with Crippen molar-refractivity contribution < 1.29 is 14.7 Å². The summed E-state index contributed by atoms with van der Waals surface area (Å²) in [5, 5.41) is 11.8. The van der Waals surface area contributed by atoms with Crippen LogP contribution in [0.15, 0.2) is 0 Å². The molecule has 3 atom stereocenters. The number of carboxylic acid groups (broad SMARTS) is 1. The Labute approximate surface area is 102 Å². The topological polar surface area (TPSA) is 69.6 Å². The fraction of sp³-hybridized carbons (Fsp3) is 0.833. The molecule has 0 heterocycles. The predicted molar refractivity (Wildman–Crippen MR) is 64.6 cm³/mol. The standard InChI is InChI=1S/C12H22N2O3/c1-7(14(4)5)6-13-10(15)8-9(11(16)17)12(8,2)3/h7-9H,6H2,1-5H3,(H,13,15)(H,16,17)/t7?,8-,9+/m1/s1. The van der Waals surface area contributed by atoms with Gasteiger partial charge in [0.15, 0.2) is 0 Å². The zero-order valence-electron chi connectivity index (χ0n) is 11.2. The molecule has 1 rings (SSSR count). The van der Waals surface area contributed by atoms with Crippen LogP contribution >= 0.6 is 0 Å². The summed E-state index contributed by atoms with van der Waals surface area (Å²) in [5.41, 5.74) is -0.419. The van der Waals surface area contributed by atoms with Crippen LogP contribution in [0.4, 0.5) is 0 Å². The lowest BCUT2D eigenvalue weighted by Gasteiger charge is -2.20. The second-order valence-corrected chi connectivity index (χ2v) is 5.67. The van der Waals surface area contributed by atoms with Crippen LogP contribution in [0.2, 0.25) is 0 Å². The monoisotopic (exact) mass is 242 g/mol. The van der Waals surface area contributed by atoms with Crippen molar-refractivity contribution in [2.24, 2.45) is 17.3 Å². The molecule has 2 N–H and O–H groups in total. The van der Waals surface area contributed by atoms with Gasteiger partial charge in [-0.15, -0.1) is 0 Å². The number of nitrogens with one attached hydrogen (secondary N) is 1. The fourth-order valence-corrected chi connectivity index (χ4v) is 2.13. The molecule has 0 aliphatic heterocycles. The van der Waals surface area contributed by atoms with Crippen LogP contribution in [0.3, 0.4) is 0 Å². The van der Waals surface area contributed by atoms with E-state index in [1.54, 1.807) is 0 Å².